The zero-order valence-electron chi connectivity index (χ0n) is 22.0. The van der Waals surface area contributed by atoms with Crippen molar-refractivity contribution in [2.24, 2.45) is 5.92 Å². The molecule has 0 spiro atoms. The summed E-state index contributed by atoms with van der Waals surface area (Å²) in [7, 11) is 1.35. The number of fused-ring (bicyclic) bond motifs is 1. The zero-order chi connectivity index (χ0) is 27.5. The lowest BCUT2D eigenvalue weighted by molar-refractivity contribution is 0.0600. The molecule has 0 saturated heterocycles. The lowest BCUT2D eigenvalue weighted by Gasteiger charge is -2.29. The number of nitrogens with one attached hydrogen (secondary N) is 1. The standard InChI is InChI=1S/C30H31ClN4O4/c1-19-25(15-23(31)16-32-19)28(36)33-24-13-9-21(10-14-24)18-35-27-6-4-3-5-26(27)34(30(35)38)17-20-7-11-22(12-8-20)29(37)39-2/h3-8,11-12,15-16,21,24H,9-10,13-14,17-18H2,1-2H3,(H,33,36). The van der Waals surface area contributed by atoms with Crippen molar-refractivity contribution in [1.82, 2.24) is 19.4 Å². The molecule has 2 heterocycles. The Bertz CT molecular complexity index is 1570. The van der Waals surface area contributed by atoms with Crippen LogP contribution in [0.2, 0.25) is 5.02 Å². The van der Waals surface area contributed by atoms with E-state index in [4.69, 9.17) is 16.3 Å². The number of para-hydroxylation sites is 2. The lowest BCUT2D eigenvalue weighted by Crippen LogP contribution is -2.39. The van der Waals surface area contributed by atoms with E-state index in [1.54, 1.807) is 35.9 Å². The Hall–Kier alpha value is -3.91. The summed E-state index contributed by atoms with van der Waals surface area (Å²) in [5.41, 5.74) is 4.30. The highest BCUT2D eigenvalue weighted by Crippen LogP contribution is 2.27. The SMILES string of the molecule is COC(=O)c1ccc(Cn2c(=O)n(CC3CCC(NC(=O)c4cc(Cl)cnc4C)CC3)c3ccccc32)cc1. The number of ether oxygens (including phenoxy) is 1. The minimum Gasteiger partial charge on any atom is -0.465 e. The van der Waals surface area contributed by atoms with Crippen molar-refractivity contribution in [1.29, 1.82) is 0 Å². The van der Waals surface area contributed by atoms with Gasteiger partial charge in [-0.05, 0) is 74.4 Å². The average Bonchev–Trinajstić information content (AvgIpc) is 3.21. The number of benzene rings is 2. The Morgan fingerprint density at radius 3 is 2.36 bits per heavy atom. The van der Waals surface area contributed by atoms with Gasteiger partial charge in [-0.25, -0.2) is 9.59 Å². The van der Waals surface area contributed by atoms with Gasteiger partial charge in [0, 0.05) is 18.8 Å². The number of halogens is 1. The third-order valence-corrected chi connectivity index (χ3v) is 7.77. The number of carbonyl (C=O) groups is 2. The van der Waals surface area contributed by atoms with Crippen molar-refractivity contribution >= 4 is 34.5 Å². The Labute approximate surface area is 231 Å². The molecule has 0 bridgehead atoms. The summed E-state index contributed by atoms with van der Waals surface area (Å²) < 4.78 is 8.44. The largest absolute Gasteiger partial charge is 0.465 e. The molecular formula is C30H31ClN4O4. The molecule has 2 aromatic heterocycles. The Morgan fingerprint density at radius 1 is 1.03 bits per heavy atom. The first-order valence-electron chi connectivity index (χ1n) is 13.1. The van der Waals surface area contributed by atoms with Crippen LogP contribution in [-0.4, -0.2) is 39.1 Å². The van der Waals surface area contributed by atoms with Gasteiger partial charge < -0.3 is 10.1 Å². The molecule has 1 N–H and O–H groups in total. The molecule has 0 unspecified atom stereocenters. The second-order valence-electron chi connectivity index (χ2n) is 10.1. The summed E-state index contributed by atoms with van der Waals surface area (Å²) in [6.45, 7) is 2.84. The van der Waals surface area contributed by atoms with E-state index < -0.39 is 0 Å². The van der Waals surface area contributed by atoms with Crippen LogP contribution >= 0.6 is 11.6 Å². The summed E-state index contributed by atoms with van der Waals surface area (Å²) in [6.07, 6.45) is 5.07. The van der Waals surface area contributed by atoms with E-state index in [1.165, 1.54) is 7.11 Å². The molecule has 1 fully saturated rings. The molecule has 1 saturated carbocycles. The molecule has 9 heteroatoms. The topological polar surface area (TPSA) is 95.2 Å². The van der Waals surface area contributed by atoms with Gasteiger partial charge in [-0.3, -0.25) is 18.9 Å². The van der Waals surface area contributed by atoms with Crippen molar-refractivity contribution in [2.75, 3.05) is 7.11 Å². The number of pyridine rings is 1. The van der Waals surface area contributed by atoms with Crippen molar-refractivity contribution < 1.29 is 14.3 Å². The quantitative estimate of drug-likeness (QED) is 0.330. The van der Waals surface area contributed by atoms with E-state index in [2.05, 4.69) is 10.3 Å². The fourth-order valence-electron chi connectivity index (χ4n) is 5.40. The van der Waals surface area contributed by atoms with Crippen molar-refractivity contribution in [3.8, 4) is 0 Å². The molecule has 1 aliphatic rings. The molecule has 4 aromatic rings. The van der Waals surface area contributed by atoms with Crippen molar-refractivity contribution in [3.63, 3.8) is 0 Å². The second kappa shape index (κ2) is 11.5. The first-order chi connectivity index (χ1) is 18.8. The van der Waals surface area contributed by atoms with Gasteiger partial charge >= 0.3 is 11.7 Å². The molecule has 2 aromatic carbocycles. The number of methoxy groups -OCH3 is 1. The second-order valence-corrected chi connectivity index (χ2v) is 10.6. The Balaban J connectivity index is 1.27. The number of aromatic nitrogens is 3. The van der Waals surface area contributed by atoms with Gasteiger partial charge in [0.2, 0.25) is 0 Å². The average molecular weight is 547 g/mol. The Morgan fingerprint density at radius 2 is 1.69 bits per heavy atom. The summed E-state index contributed by atoms with van der Waals surface area (Å²) in [6, 6.07) is 16.7. The fraction of sp³-hybridized carbons (Fsp3) is 0.333. The molecule has 0 aliphatic heterocycles. The number of esters is 1. The number of hydrogen-bond acceptors (Lipinski definition) is 5. The van der Waals surface area contributed by atoms with Crippen LogP contribution in [0.25, 0.3) is 11.0 Å². The first kappa shape index (κ1) is 26.7. The van der Waals surface area contributed by atoms with Gasteiger partial charge in [-0.2, -0.15) is 0 Å². The highest BCUT2D eigenvalue weighted by Gasteiger charge is 2.25. The maximum absolute atomic E-state index is 13.6. The summed E-state index contributed by atoms with van der Waals surface area (Å²) in [5.74, 6) is -0.199. The van der Waals surface area contributed by atoms with Gasteiger partial charge in [0.15, 0.2) is 0 Å². The van der Waals surface area contributed by atoms with Crippen LogP contribution in [0.5, 0.6) is 0 Å². The first-order valence-corrected chi connectivity index (χ1v) is 13.5. The van der Waals surface area contributed by atoms with Gasteiger partial charge in [0.05, 0.1) is 46.5 Å². The highest BCUT2D eigenvalue weighted by atomic mass is 35.5. The predicted molar refractivity (Wildman–Crippen MR) is 150 cm³/mol. The number of aryl methyl sites for hydroxylation is 1. The van der Waals surface area contributed by atoms with Crippen LogP contribution in [0.1, 0.15) is 57.7 Å². The van der Waals surface area contributed by atoms with E-state index >= 15 is 0 Å². The Kier molecular flexibility index (Phi) is 7.84. The van der Waals surface area contributed by atoms with E-state index in [-0.39, 0.29) is 23.6 Å². The minimum absolute atomic E-state index is 0.0485. The smallest absolute Gasteiger partial charge is 0.337 e. The molecule has 8 nitrogen and oxygen atoms in total. The fourth-order valence-corrected chi connectivity index (χ4v) is 5.55. The van der Waals surface area contributed by atoms with Crippen LogP contribution in [0.15, 0.2) is 65.6 Å². The summed E-state index contributed by atoms with van der Waals surface area (Å²) in [4.78, 5) is 42.3. The summed E-state index contributed by atoms with van der Waals surface area (Å²) >= 11 is 6.04. The predicted octanol–water partition coefficient (Wildman–Crippen LogP) is 4.98. The molecule has 5 rings (SSSR count). The number of rotatable bonds is 7. The number of hydrogen-bond donors (Lipinski definition) is 1. The molecular weight excluding hydrogens is 516 g/mol. The van der Waals surface area contributed by atoms with Crippen LogP contribution in [0.4, 0.5) is 0 Å². The number of nitrogens with zero attached hydrogens (tertiary/aromatic N) is 3. The van der Waals surface area contributed by atoms with E-state index in [0.29, 0.717) is 40.9 Å². The van der Waals surface area contributed by atoms with E-state index in [9.17, 15) is 14.4 Å². The molecule has 0 radical (unpaired) electrons. The number of amides is 1. The number of carbonyl (C=O) groups excluding carboxylic acids is 2. The highest BCUT2D eigenvalue weighted by molar-refractivity contribution is 6.30. The van der Waals surface area contributed by atoms with Gasteiger partial charge in [0.25, 0.3) is 5.91 Å². The zero-order valence-corrected chi connectivity index (χ0v) is 22.8. The molecule has 0 atom stereocenters. The normalized spacial score (nSPS) is 17.2. The van der Waals surface area contributed by atoms with Gasteiger partial charge in [0.1, 0.15) is 0 Å². The van der Waals surface area contributed by atoms with Gasteiger partial charge in [-0.1, -0.05) is 35.9 Å². The summed E-state index contributed by atoms with van der Waals surface area (Å²) in [5, 5.41) is 3.58. The third kappa shape index (κ3) is 5.76. The monoisotopic (exact) mass is 546 g/mol. The van der Waals surface area contributed by atoms with Crippen LogP contribution in [-0.2, 0) is 17.8 Å². The molecule has 202 valence electrons. The van der Waals surface area contributed by atoms with Crippen molar-refractivity contribution in [2.45, 2.75) is 51.7 Å². The van der Waals surface area contributed by atoms with Crippen molar-refractivity contribution in [3.05, 3.63) is 98.7 Å². The maximum Gasteiger partial charge on any atom is 0.337 e. The minimum atomic E-state index is -0.388. The van der Waals surface area contributed by atoms with Crippen LogP contribution < -0.4 is 11.0 Å². The lowest BCUT2D eigenvalue weighted by atomic mass is 9.85. The van der Waals surface area contributed by atoms with Crippen LogP contribution in [0.3, 0.4) is 0 Å². The third-order valence-electron chi connectivity index (χ3n) is 7.56. The van der Waals surface area contributed by atoms with Gasteiger partial charge in [-0.15, -0.1) is 0 Å². The molecule has 39 heavy (non-hydrogen) atoms. The maximum atomic E-state index is 13.6. The number of imidazole rings is 1. The van der Waals surface area contributed by atoms with Crippen LogP contribution in [0, 0.1) is 12.8 Å². The van der Waals surface area contributed by atoms with E-state index in [0.717, 1.165) is 42.3 Å². The molecule has 1 amide bonds. The molecule has 1 aliphatic carbocycles. The van der Waals surface area contributed by atoms with E-state index in [1.807, 2.05) is 41.0 Å².